The van der Waals surface area contributed by atoms with Crippen LogP contribution in [0.25, 0.3) is 0 Å². The van der Waals surface area contributed by atoms with Crippen LogP contribution >= 0.6 is 11.9 Å². The summed E-state index contributed by atoms with van der Waals surface area (Å²) in [5.41, 5.74) is 0. The Hall–Kier alpha value is 0.250. The summed E-state index contributed by atoms with van der Waals surface area (Å²) in [6, 6.07) is 0. The molecule has 0 saturated carbocycles. The van der Waals surface area contributed by atoms with Crippen LogP contribution in [0.15, 0.2) is 0 Å². The highest BCUT2D eigenvalue weighted by Gasteiger charge is 2.01. The highest BCUT2D eigenvalue weighted by atomic mass is 35.5. The highest BCUT2D eigenvalue weighted by Crippen LogP contribution is 2.06. The molecule has 0 aromatic heterocycles. The first-order valence-corrected chi connectivity index (χ1v) is 3.43. The van der Waals surface area contributed by atoms with Crippen molar-refractivity contribution in [2.45, 2.75) is 39.2 Å². The Balaban J connectivity index is 3.07. The zero-order valence-corrected chi connectivity index (χ0v) is 6.24. The molecule has 0 saturated heterocycles. The Labute approximate surface area is 56.2 Å². The van der Waals surface area contributed by atoms with Crippen molar-refractivity contribution in [1.29, 1.82) is 0 Å². The molecule has 0 spiro atoms. The van der Waals surface area contributed by atoms with E-state index in [9.17, 15) is 0 Å². The van der Waals surface area contributed by atoms with Crippen LogP contribution in [0.2, 0.25) is 0 Å². The van der Waals surface area contributed by atoms with Crippen LogP contribution in [0.1, 0.15) is 33.1 Å². The summed E-state index contributed by atoms with van der Waals surface area (Å²) in [6.45, 7) is 4.20. The Morgan fingerprint density at radius 1 is 1.50 bits per heavy atom. The zero-order chi connectivity index (χ0) is 6.41. The van der Waals surface area contributed by atoms with Crippen LogP contribution in [0.4, 0.5) is 0 Å². The Kier molecular flexibility index (Phi) is 5.56. The van der Waals surface area contributed by atoms with Gasteiger partial charge < -0.3 is 0 Å². The van der Waals surface area contributed by atoms with Gasteiger partial charge >= 0.3 is 0 Å². The van der Waals surface area contributed by atoms with E-state index >= 15 is 0 Å². The van der Waals surface area contributed by atoms with E-state index in [4.69, 9.17) is 11.9 Å². The lowest BCUT2D eigenvalue weighted by Crippen LogP contribution is -2.04. The van der Waals surface area contributed by atoms with Gasteiger partial charge in [-0.25, -0.2) is 0 Å². The average molecular weight is 137 g/mol. The maximum Gasteiger partial charge on any atom is 0.0788 e. The molecule has 0 rings (SSSR count). The number of hydrogen-bond donors (Lipinski definition) is 0. The van der Waals surface area contributed by atoms with Crippen LogP contribution in [-0.4, -0.2) is 6.10 Å². The van der Waals surface area contributed by atoms with E-state index < -0.39 is 0 Å². The molecule has 0 fully saturated rings. The Morgan fingerprint density at radius 2 is 2.12 bits per heavy atom. The van der Waals surface area contributed by atoms with Crippen molar-refractivity contribution in [2.75, 3.05) is 0 Å². The molecule has 0 bridgehead atoms. The van der Waals surface area contributed by atoms with Gasteiger partial charge in [0.25, 0.3) is 0 Å². The molecule has 0 heterocycles. The minimum absolute atomic E-state index is 0.265. The molecule has 50 valence electrons. The van der Waals surface area contributed by atoms with Crippen molar-refractivity contribution in [2.24, 2.45) is 0 Å². The van der Waals surface area contributed by atoms with Crippen LogP contribution < -0.4 is 0 Å². The summed E-state index contributed by atoms with van der Waals surface area (Å²) in [4.78, 5) is 0. The normalized spacial score (nSPS) is 13.9. The molecule has 0 amide bonds. The lowest BCUT2D eigenvalue weighted by atomic mass is 10.2. The maximum atomic E-state index is 5.15. The summed E-state index contributed by atoms with van der Waals surface area (Å²) in [5.74, 6) is 0. The first-order valence-electron chi connectivity index (χ1n) is 3.12. The van der Waals surface area contributed by atoms with E-state index in [1.54, 1.807) is 0 Å². The smallest absolute Gasteiger partial charge is 0.0788 e. The van der Waals surface area contributed by atoms with Crippen LogP contribution in [0.5, 0.6) is 0 Å². The summed E-state index contributed by atoms with van der Waals surface area (Å²) in [5, 5.41) is 0. The Morgan fingerprint density at radius 3 is 2.25 bits per heavy atom. The quantitative estimate of drug-likeness (QED) is 0.578. The molecular weight excluding hydrogens is 124 g/mol. The minimum Gasteiger partial charge on any atom is -0.276 e. The van der Waals surface area contributed by atoms with Gasteiger partial charge in [0.05, 0.1) is 18.0 Å². The average Bonchev–Trinajstić information content (AvgIpc) is 1.83. The largest absolute Gasteiger partial charge is 0.276 e. The van der Waals surface area contributed by atoms with Gasteiger partial charge in [-0.2, -0.15) is 0 Å². The highest BCUT2D eigenvalue weighted by molar-refractivity contribution is 6.07. The molecule has 0 aromatic carbocycles. The summed E-state index contributed by atoms with van der Waals surface area (Å²) >= 11 is 5.15. The molecule has 1 nitrogen and oxygen atoms in total. The fourth-order valence-electron chi connectivity index (χ4n) is 0.634. The van der Waals surface area contributed by atoms with Crippen molar-refractivity contribution >= 4 is 11.9 Å². The van der Waals surface area contributed by atoms with Crippen LogP contribution in [0, 0.1) is 0 Å². The second-order valence-electron chi connectivity index (χ2n) is 1.91. The second kappa shape index (κ2) is 5.39. The number of halogens is 1. The third-order valence-corrected chi connectivity index (χ3v) is 1.44. The molecule has 8 heavy (non-hydrogen) atoms. The van der Waals surface area contributed by atoms with Gasteiger partial charge in [0.1, 0.15) is 0 Å². The van der Waals surface area contributed by atoms with E-state index in [1.807, 2.05) is 0 Å². The number of hydrogen-bond acceptors (Lipinski definition) is 1. The molecule has 0 aliphatic heterocycles. The lowest BCUT2D eigenvalue weighted by molar-refractivity contribution is 0.206. The van der Waals surface area contributed by atoms with Gasteiger partial charge in [0.2, 0.25) is 0 Å². The van der Waals surface area contributed by atoms with E-state index in [1.165, 1.54) is 0 Å². The van der Waals surface area contributed by atoms with Crippen molar-refractivity contribution in [3.63, 3.8) is 0 Å². The molecule has 2 heteroatoms. The molecule has 0 aliphatic carbocycles. The molecule has 0 N–H and O–H groups in total. The van der Waals surface area contributed by atoms with E-state index in [0.29, 0.717) is 0 Å². The SMILES string of the molecule is CCCC(CC)OCl. The maximum absolute atomic E-state index is 5.15. The van der Waals surface area contributed by atoms with E-state index in [-0.39, 0.29) is 6.10 Å². The number of rotatable bonds is 4. The van der Waals surface area contributed by atoms with Gasteiger partial charge in [-0.05, 0) is 12.8 Å². The lowest BCUT2D eigenvalue weighted by Gasteiger charge is -2.06. The topological polar surface area (TPSA) is 9.23 Å². The minimum atomic E-state index is 0.265. The fraction of sp³-hybridized carbons (Fsp3) is 1.00. The summed E-state index contributed by atoms with van der Waals surface area (Å²) in [6.07, 6.45) is 3.49. The van der Waals surface area contributed by atoms with Crippen molar-refractivity contribution < 1.29 is 4.29 Å². The molecule has 0 aromatic rings. The third-order valence-electron chi connectivity index (χ3n) is 1.19. The monoisotopic (exact) mass is 136 g/mol. The second-order valence-corrected chi connectivity index (χ2v) is 2.09. The predicted octanol–water partition coefficient (Wildman–Crippen LogP) is 2.74. The van der Waals surface area contributed by atoms with Gasteiger partial charge in [0.15, 0.2) is 0 Å². The van der Waals surface area contributed by atoms with Crippen molar-refractivity contribution in [3.05, 3.63) is 0 Å². The van der Waals surface area contributed by atoms with Gasteiger partial charge in [-0.15, -0.1) is 0 Å². The van der Waals surface area contributed by atoms with Gasteiger partial charge in [0, 0.05) is 0 Å². The van der Waals surface area contributed by atoms with Gasteiger partial charge in [-0.3, -0.25) is 4.29 Å². The first-order chi connectivity index (χ1) is 3.85. The van der Waals surface area contributed by atoms with Crippen LogP contribution in [-0.2, 0) is 4.29 Å². The van der Waals surface area contributed by atoms with E-state index in [2.05, 4.69) is 18.1 Å². The molecule has 0 aliphatic rings. The molecular formula is C6H13ClO. The summed E-state index contributed by atoms with van der Waals surface area (Å²) in [7, 11) is 0. The molecule has 1 atom stereocenters. The van der Waals surface area contributed by atoms with Crippen molar-refractivity contribution in [3.8, 4) is 0 Å². The standard InChI is InChI=1S/C6H13ClO/c1-3-5-6(4-2)8-7/h6H,3-5H2,1-2H3. The zero-order valence-electron chi connectivity index (χ0n) is 5.48. The molecule has 0 radical (unpaired) electrons. The third kappa shape index (κ3) is 3.28. The van der Waals surface area contributed by atoms with Crippen molar-refractivity contribution in [1.82, 2.24) is 0 Å². The molecule has 1 unspecified atom stereocenters. The first kappa shape index (κ1) is 8.25. The summed E-state index contributed by atoms with van der Waals surface area (Å²) < 4.78 is 4.61. The Bertz CT molecular complexity index is 43.8. The van der Waals surface area contributed by atoms with Crippen LogP contribution in [0.3, 0.4) is 0 Å². The van der Waals surface area contributed by atoms with E-state index in [0.717, 1.165) is 19.3 Å². The predicted molar refractivity (Wildman–Crippen MR) is 35.9 cm³/mol. The fourth-order valence-corrected chi connectivity index (χ4v) is 0.849. The van der Waals surface area contributed by atoms with Gasteiger partial charge in [-0.1, -0.05) is 20.3 Å².